The zero-order valence-corrected chi connectivity index (χ0v) is 17.3. The van der Waals surface area contributed by atoms with Gasteiger partial charge >= 0.3 is 0 Å². The molecule has 0 aromatic heterocycles. The van der Waals surface area contributed by atoms with E-state index in [1.54, 1.807) is 0 Å². The van der Waals surface area contributed by atoms with Crippen molar-refractivity contribution in [1.29, 1.82) is 0 Å². The third-order valence-corrected chi connectivity index (χ3v) is 6.25. The monoisotopic (exact) mass is 370 g/mol. The van der Waals surface area contributed by atoms with E-state index in [1.165, 1.54) is 70.4 Å². The molecule has 1 heterocycles. The van der Waals surface area contributed by atoms with Crippen LogP contribution in [-0.4, -0.2) is 29.6 Å². The van der Waals surface area contributed by atoms with Gasteiger partial charge in [0.1, 0.15) is 0 Å². The second kappa shape index (κ2) is 12.6. The van der Waals surface area contributed by atoms with Crippen LogP contribution in [0.4, 0.5) is 0 Å². The molecule has 2 aliphatic rings. The van der Waals surface area contributed by atoms with Crippen molar-refractivity contribution < 1.29 is 5.11 Å². The third kappa shape index (κ3) is 6.91. The topological polar surface area (TPSA) is 23.5 Å². The van der Waals surface area contributed by atoms with Crippen LogP contribution in [0.5, 0.6) is 0 Å². The Morgan fingerprint density at radius 2 is 1.33 bits per heavy atom. The first-order valence-corrected chi connectivity index (χ1v) is 10.6. The standard InChI is InChI=1S/C23H36NO.2CH2/c25-23(22-15-8-4-9-16-22,21-13-6-2-1-3-7-14-21)17-12-20-24-18-10-5-11-19-24;;/h4,8-9,15-16,25H,1-3,5-7,10-14,17-20H2;2*1H2. The number of rotatable bonds is 6. The predicted molar refractivity (Wildman–Crippen MR) is 116 cm³/mol. The Morgan fingerprint density at radius 1 is 0.778 bits per heavy atom. The van der Waals surface area contributed by atoms with Gasteiger partial charge in [0, 0.05) is 5.92 Å². The number of piperidine rings is 1. The molecule has 3 rings (SSSR count). The van der Waals surface area contributed by atoms with E-state index in [-0.39, 0.29) is 14.9 Å². The van der Waals surface area contributed by atoms with Gasteiger partial charge in [0.15, 0.2) is 0 Å². The molecular weight excluding hydrogens is 330 g/mol. The minimum absolute atomic E-state index is 0. The first-order valence-electron chi connectivity index (χ1n) is 10.6. The van der Waals surface area contributed by atoms with Crippen molar-refractivity contribution in [1.82, 2.24) is 4.90 Å². The van der Waals surface area contributed by atoms with Crippen molar-refractivity contribution in [2.24, 2.45) is 0 Å². The van der Waals surface area contributed by atoms with E-state index in [4.69, 9.17) is 0 Å². The van der Waals surface area contributed by atoms with Crippen molar-refractivity contribution >= 4 is 0 Å². The van der Waals surface area contributed by atoms with E-state index in [0.29, 0.717) is 0 Å². The molecule has 1 N–H and O–H groups in total. The average Bonchev–Trinajstić information content (AvgIpc) is 2.63. The minimum Gasteiger partial charge on any atom is -0.385 e. The summed E-state index contributed by atoms with van der Waals surface area (Å²) in [6.07, 6.45) is 14.8. The molecule has 2 heteroatoms. The van der Waals surface area contributed by atoms with Gasteiger partial charge in [-0.25, -0.2) is 0 Å². The van der Waals surface area contributed by atoms with Gasteiger partial charge in [-0.1, -0.05) is 83.7 Å². The van der Waals surface area contributed by atoms with Crippen LogP contribution in [0.2, 0.25) is 0 Å². The van der Waals surface area contributed by atoms with Crippen LogP contribution in [0.15, 0.2) is 30.3 Å². The Hall–Kier alpha value is -0.860. The van der Waals surface area contributed by atoms with E-state index in [9.17, 15) is 5.11 Å². The Labute approximate surface area is 169 Å². The van der Waals surface area contributed by atoms with Gasteiger partial charge in [-0.05, 0) is 63.7 Å². The highest BCUT2D eigenvalue weighted by Crippen LogP contribution is 2.42. The maximum absolute atomic E-state index is 11.8. The second-order valence-electron chi connectivity index (χ2n) is 8.10. The summed E-state index contributed by atoms with van der Waals surface area (Å²) in [7, 11) is 0. The molecule has 2 fully saturated rings. The molecule has 27 heavy (non-hydrogen) atoms. The molecule has 0 bridgehead atoms. The molecule has 1 saturated carbocycles. The molecule has 1 saturated heterocycles. The summed E-state index contributed by atoms with van der Waals surface area (Å²) in [5, 5.41) is 11.8. The molecule has 0 amide bonds. The van der Waals surface area contributed by atoms with Crippen molar-refractivity contribution in [2.75, 3.05) is 19.6 Å². The van der Waals surface area contributed by atoms with E-state index in [2.05, 4.69) is 35.2 Å². The lowest BCUT2D eigenvalue weighted by Gasteiger charge is -2.38. The van der Waals surface area contributed by atoms with Gasteiger partial charge in [-0.2, -0.15) is 0 Å². The van der Waals surface area contributed by atoms with Gasteiger partial charge in [0.25, 0.3) is 0 Å². The molecule has 1 aromatic carbocycles. The fraction of sp³-hybridized carbons (Fsp3) is 0.640. The molecule has 1 aromatic rings. The van der Waals surface area contributed by atoms with Crippen LogP contribution in [0.25, 0.3) is 0 Å². The van der Waals surface area contributed by atoms with Crippen LogP contribution in [0.1, 0.15) is 82.6 Å². The lowest BCUT2D eigenvalue weighted by Crippen LogP contribution is -2.36. The maximum Gasteiger partial charge on any atom is 0.0959 e. The van der Waals surface area contributed by atoms with Crippen molar-refractivity contribution in [3.63, 3.8) is 0 Å². The van der Waals surface area contributed by atoms with Crippen LogP contribution in [-0.2, 0) is 5.60 Å². The Kier molecular flexibility index (Phi) is 11.3. The molecular formula is C25H40NO. The Morgan fingerprint density at radius 3 is 1.96 bits per heavy atom. The quantitative estimate of drug-likeness (QED) is 0.652. The van der Waals surface area contributed by atoms with Crippen molar-refractivity contribution in [2.45, 2.75) is 82.7 Å². The van der Waals surface area contributed by atoms with Gasteiger partial charge in [0.2, 0.25) is 0 Å². The second-order valence-corrected chi connectivity index (χ2v) is 8.10. The zero-order chi connectivity index (χ0) is 17.4. The molecule has 1 aliphatic heterocycles. The van der Waals surface area contributed by atoms with Crippen molar-refractivity contribution in [3.8, 4) is 0 Å². The highest BCUT2D eigenvalue weighted by Gasteiger charge is 2.38. The summed E-state index contributed by atoms with van der Waals surface area (Å²) in [5.41, 5.74) is 0.401. The molecule has 151 valence electrons. The smallest absolute Gasteiger partial charge is 0.0959 e. The van der Waals surface area contributed by atoms with Gasteiger partial charge < -0.3 is 10.0 Å². The maximum atomic E-state index is 11.8. The van der Waals surface area contributed by atoms with Crippen LogP contribution < -0.4 is 0 Å². The summed E-state index contributed by atoms with van der Waals surface area (Å²) in [5.74, 6) is 1.40. The van der Waals surface area contributed by atoms with E-state index in [0.717, 1.165) is 37.8 Å². The SMILES string of the molecule is OC(CCCN1CCCCC1)([C]1CCCCCCC1)c1ccccc1.[CH2].[CH2]. The highest BCUT2D eigenvalue weighted by molar-refractivity contribution is 5.29. The first kappa shape index (κ1) is 24.2. The average molecular weight is 371 g/mol. The zero-order valence-electron chi connectivity index (χ0n) is 17.3. The number of nitrogens with zero attached hydrogens (tertiary/aromatic N) is 1. The first-order chi connectivity index (χ1) is 12.3. The summed E-state index contributed by atoms with van der Waals surface area (Å²) >= 11 is 0. The van der Waals surface area contributed by atoms with E-state index >= 15 is 0 Å². The van der Waals surface area contributed by atoms with Crippen LogP contribution in [0.3, 0.4) is 0 Å². The fourth-order valence-electron chi connectivity index (χ4n) is 4.73. The summed E-state index contributed by atoms with van der Waals surface area (Å²) < 4.78 is 0. The normalized spacial score (nSPS) is 21.8. The largest absolute Gasteiger partial charge is 0.385 e. The van der Waals surface area contributed by atoms with Gasteiger partial charge in [-0.15, -0.1) is 0 Å². The molecule has 0 spiro atoms. The van der Waals surface area contributed by atoms with Gasteiger partial charge in [-0.3, -0.25) is 0 Å². The van der Waals surface area contributed by atoms with Crippen LogP contribution >= 0.6 is 0 Å². The third-order valence-electron chi connectivity index (χ3n) is 6.25. The lowest BCUT2D eigenvalue weighted by molar-refractivity contribution is 0.0257. The summed E-state index contributed by atoms with van der Waals surface area (Å²) in [6.45, 7) is 3.64. The molecule has 5 radical (unpaired) electrons. The number of likely N-dealkylation sites (tertiary alicyclic amines) is 1. The fourth-order valence-corrected chi connectivity index (χ4v) is 4.73. The van der Waals surface area contributed by atoms with Gasteiger partial charge in [0.05, 0.1) is 5.60 Å². The van der Waals surface area contributed by atoms with Crippen LogP contribution in [0, 0.1) is 20.8 Å². The summed E-state index contributed by atoms with van der Waals surface area (Å²) in [6, 6.07) is 10.5. The number of aliphatic hydroxyl groups is 1. The molecule has 1 unspecified atom stereocenters. The summed E-state index contributed by atoms with van der Waals surface area (Å²) in [4.78, 5) is 2.59. The predicted octanol–water partition coefficient (Wildman–Crippen LogP) is 6.11. The molecule has 1 aliphatic carbocycles. The number of hydrogen-bond acceptors (Lipinski definition) is 2. The Bertz CT molecular complexity index is 474. The molecule has 1 atom stereocenters. The molecule has 2 nitrogen and oxygen atoms in total. The lowest BCUT2D eigenvalue weighted by atomic mass is 9.72. The van der Waals surface area contributed by atoms with E-state index < -0.39 is 5.60 Å². The number of benzene rings is 1. The minimum atomic E-state index is -0.714. The number of hydrogen-bond donors (Lipinski definition) is 1. The van der Waals surface area contributed by atoms with E-state index in [1.807, 2.05) is 0 Å². The van der Waals surface area contributed by atoms with Crippen molar-refractivity contribution in [3.05, 3.63) is 56.7 Å². The Balaban J connectivity index is 0.00000182. The highest BCUT2D eigenvalue weighted by atomic mass is 16.3.